The first-order chi connectivity index (χ1) is 14.1. The molecule has 1 aliphatic rings. The summed E-state index contributed by atoms with van der Waals surface area (Å²) in [6.45, 7) is 2.82. The highest BCUT2D eigenvalue weighted by atomic mass is 16.5. The number of aromatic nitrogens is 1. The third-order valence-electron chi connectivity index (χ3n) is 5.14. The van der Waals surface area contributed by atoms with Gasteiger partial charge in [0.2, 0.25) is 0 Å². The molecule has 4 rings (SSSR count). The van der Waals surface area contributed by atoms with Crippen molar-refractivity contribution < 1.29 is 18.7 Å². The van der Waals surface area contributed by atoms with Crippen LogP contribution in [0.1, 0.15) is 35.9 Å². The number of benzene rings is 1. The number of nitrogens with zero attached hydrogens (tertiary/aromatic N) is 3. The third kappa shape index (κ3) is 3.74. The Kier molecular flexibility index (Phi) is 5.09. The number of anilines is 1. The van der Waals surface area contributed by atoms with Crippen molar-refractivity contribution in [2.24, 2.45) is 0 Å². The molecule has 0 bridgehead atoms. The van der Waals surface area contributed by atoms with Crippen molar-refractivity contribution in [2.75, 3.05) is 25.2 Å². The van der Waals surface area contributed by atoms with Gasteiger partial charge in [-0.2, -0.15) is 5.26 Å². The van der Waals surface area contributed by atoms with Crippen LogP contribution in [-0.4, -0.2) is 37.1 Å². The van der Waals surface area contributed by atoms with Gasteiger partial charge in [-0.25, -0.2) is 4.98 Å². The maximum Gasteiger partial charge on any atom is 0.194 e. The van der Waals surface area contributed by atoms with Gasteiger partial charge in [0.25, 0.3) is 0 Å². The van der Waals surface area contributed by atoms with Gasteiger partial charge in [0.15, 0.2) is 11.5 Å². The van der Waals surface area contributed by atoms with E-state index < -0.39 is 0 Å². The fourth-order valence-corrected chi connectivity index (χ4v) is 3.61. The van der Waals surface area contributed by atoms with E-state index in [-0.39, 0.29) is 11.8 Å². The molecule has 1 saturated heterocycles. The summed E-state index contributed by atoms with van der Waals surface area (Å²) >= 11 is 0. The number of carbonyl (C=O) groups excluding carboxylic acids is 1. The third-order valence-corrected chi connectivity index (χ3v) is 5.14. The van der Waals surface area contributed by atoms with E-state index in [1.165, 1.54) is 6.92 Å². The number of carbonyl (C=O) groups is 1. The summed E-state index contributed by atoms with van der Waals surface area (Å²) in [4.78, 5) is 18.3. The van der Waals surface area contributed by atoms with Crippen molar-refractivity contribution in [1.82, 2.24) is 4.98 Å². The van der Waals surface area contributed by atoms with Gasteiger partial charge < -0.3 is 18.8 Å². The van der Waals surface area contributed by atoms with Crippen LogP contribution in [0.2, 0.25) is 0 Å². The summed E-state index contributed by atoms with van der Waals surface area (Å²) in [6.07, 6.45) is 3.62. The second-order valence-electron chi connectivity index (χ2n) is 7.02. The van der Waals surface area contributed by atoms with Crippen molar-refractivity contribution in [1.29, 1.82) is 5.26 Å². The molecule has 1 aromatic carbocycles. The minimum atomic E-state index is -0.139. The molecule has 29 heavy (non-hydrogen) atoms. The van der Waals surface area contributed by atoms with Crippen LogP contribution in [0.3, 0.4) is 0 Å². The Morgan fingerprint density at radius 2 is 2.24 bits per heavy atom. The number of furan rings is 1. The Morgan fingerprint density at radius 1 is 1.38 bits per heavy atom. The molecule has 0 N–H and O–H groups in total. The number of Topliss-reactive ketones (excluding diaryl/α,β-unsaturated/α-hetero) is 1. The second-order valence-corrected chi connectivity index (χ2v) is 7.02. The van der Waals surface area contributed by atoms with Crippen LogP contribution in [-0.2, 0) is 0 Å². The van der Waals surface area contributed by atoms with Gasteiger partial charge in [0.1, 0.15) is 35.6 Å². The maximum atomic E-state index is 11.7. The smallest absolute Gasteiger partial charge is 0.194 e. The summed E-state index contributed by atoms with van der Waals surface area (Å²) in [6, 6.07) is 11.2. The highest BCUT2D eigenvalue weighted by molar-refractivity contribution is 5.98. The Hall–Kier alpha value is -3.53. The van der Waals surface area contributed by atoms with Crippen molar-refractivity contribution in [2.45, 2.75) is 25.8 Å². The van der Waals surface area contributed by atoms with Crippen LogP contribution in [0.5, 0.6) is 11.5 Å². The van der Waals surface area contributed by atoms with Gasteiger partial charge in [-0.3, -0.25) is 4.79 Å². The lowest BCUT2D eigenvalue weighted by molar-refractivity contribution is 0.0989. The van der Waals surface area contributed by atoms with Gasteiger partial charge in [-0.1, -0.05) is 0 Å². The van der Waals surface area contributed by atoms with Crippen molar-refractivity contribution in [3.63, 3.8) is 0 Å². The Balaban J connectivity index is 1.56. The molecular formula is C22H21N3O4. The van der Waals surface area contributed by atoms with E-state index in [1.54, 1.807) is 37.6 Å². The molecule has 7 nitrogen and oxygen atoms in total. The minimum absolute atomic E-state index is 0.139. The van der Waals surface area contributed by atoms with Crippen LogP contribution >= 0.6 is 0 Å². The topological polar surface area (TPSA) is 88.6 Å². The molecule has 0 unspecified atom stereocenters. The largest absolute Gasteiger partial charge is 0.496 e. The molecule has 1 fully saturated rings. The summed E-state index contributed by atoms with van der Waals surface area (Å²) in [5, 5.41) is 9.71. The average Bonchev–Trinajstić information content (AvgIpc) is 3.39. The monoisotopic (exact) mass is 391 g/mol. The van der Waals surface area contributed by atoms with E-state index >= 15 is 0 Å². The average molecular weight is 391 g/mol. The Labute approximate surface area is 168 Å². The molecular weight excluding hydrogens is 370 g/mol. The lowest BCUT2D eigenvalue weighted by atomic mass is 10.2. The van der Waals surface area contributed by atoms with Crippen LogP contribution in [0.15, 0.2) is 40.9 Å². The summed E-state index contributed by atoms with van der Waals surface area (Å²) in [5.74, 6) is 2.22. The Morgan fingerprint density at radius 3 is 2.93 bits per heavy atom. The van der Waals surface area contributed by atoms with E-state index in [9.17, 15) is 4.79 Å². The zero-order valence-corrected chi connectivity index (χ0v) is 16.3. The number of methoxy groups -OCH3 is 1. The van der Waals surface area contributed by atoms with Crippen LogP contribution in [0.4, 0.5) is 5.82 Å². The van der Waals surface area contributed by atoms with Gasteiger partial charge >= 0.3 is 0 Å². The van der Waals surface area contributed by atoms with Gasteiger partial charge in [0.05, 0.1) is 24.1 Å². The van der Waals surface area contributed by atoms with Crippen molar-refractivity contribution in [3.05, 3.63) is 47.9 Å². The SMILES string of the molecule is COc1cc(OC[C@@H]2CCCN2c2ccc(C#N)cn2)c2cc(C(C)=O)oc2c1. The molecule has 3 aromatic rings. The van der Waals surface area contributed by atoms with Crippen molar-refractivity contribution in [3.8, 4) is 17.6 Å². The van der Waals surface area contributed by atoms with E-state index in [0.717, 1.165) is 30.6 Å². The molecule has 0 spiro atoms. The molecule has 0 saturated carbocycles. The van der Waals surface area contributed by atoms with E-state index in [2.05, 4.69) is 16.0 Å². The molecule has 0 aliphatic carbocycles. The lowest BCUT2D eigenvalue weighted by Gasteiger charge is -2.26. The molecule has 2 aromatic heterocycles. The van der Waals surface area contributed by atoms with E-state index in [0.29, 0.717) is 35.0 Å². The first-order valence-corrected chi connectivity index (χ1v) is 9.47. The predicted octanol–water partition coefficient (Wildman–Crippen LogP) is 3.96. The summed E-state index contributed by atoms with van der Waals surface area (Å²) in [5.41, 5.74) is 1.10. The molecule has 7 heteroatoms. The van der Waals surface area contributed by atoms with Gasteiger partial charge in [-0.15, -0.1) is 0 Å². The van der Waals surface area contributed by atoms with Gasteiger partial charge in [-0.05, 0) is 31.0 Å². The fourth-order valence-electron chi connectivity index (χ4n) is 3.61. The minimum Gasteiger partial charge on any atom is -0.496 e. The van der Waals surface area contributed by atoms with E-state index in [4.69, 9.17) is 19.2 Å². The standard InChI is InChI=1S/C22H21N3O4/c1-14(26)19-10-18-20(8-17(27-2)9-21(18)29-19)28-13-16-4-3-7-25(16)22-6-5-15(11-23)12-24-22/h5-6,8-10,12,16H,3-4,7,13H2,1-2H3/t16-/m0/s1. The Bertz CT molecular complexity index is 1080. The molecule has 0 radical (unpaired) electrons. The lowest BCUT2D eigenvalue weighted by Crippen LogP contribution is -2.34. The number of nitriles is 1. The first kappa shape index (κ1) is 18.8. The fraction of sp³-hybridized carbons (Fsp3) is 0.318. The quantitative estimate of drug-likeness (QED) is 0.588. The highest BCUT2D eigenvalue weighted by Gasteiger charge is 2.27. The molecule has 148 valence electrons. The molecule has 0 amide bonds. The first-order valence-electron chi connectivity index (χ1n) is 9.47. The molecule has 1 atom stereocenters. The predicted molar refractivity (Wildman–Crippen MR) is 108 cm³/mol. The van der Waals surface area contributed by atoms with Crippen molar-refractivity contribution >= 4 is 22.6 Å². The second kappa shape index (κ2) is 7.84. The van der Waals surface area contributed by atoms with Crippen LogP contribution in [0.25, 0.3) is 11.0 Å². The molecule has 3 heterocycles. The number of pyridine rings is 1. The number of ketones is 1. The summed E-state index contributed by atoms with van der Waals surface area (Å²) in [7, 11) is 1.58. The molecule has 1 aliphatic heterocycles. The van der Waals surface area contributed by atoms with Crippen LogP contribution < -0.4 is 14.4 Å². The van der Waals surface area contributed by atoms with E-state index in [1.807, 2.05) is 6.07 Å². The highest BCUT2D eigenvalue weighted by Crippen LogP contribution is 2.34. The normalized spacial score (nSPS) is 16.0. The zero-order valence-electron chi connectivity index (χ0n) is 16.3. The number of rotatable bonds is 6. The number of hydrogen-bond acceptors (Lipinski definition) is 7. The van der Waals surface area contributed by atoms with Crippen LogP contribution in [0, 0.1) is 11.3 Å². The maximum absolute atomic E-state index is 11.7. The summed E-state index contributed by atoms with van der Waals surface area (Å²) < 4.78 is 17.1. The number of hydrogen-bond donors (Lipinski definition) is 0. The zero-order chi connectivity index (χ0) is 20.4. The number of fused-ring (bicyclic) bond motifs is 1. The number of ether oxygens (including phenoxy) is 2. The van der Waals surface area contributed by atoms with Gasteiger partial charge in [0, 0.05) is 31.8 Å².